The minimum atomic E-state index is 0. The molecule has 0 amide bonds. The van der Waals surface area contributed by atoms with E-state index < -0.39 is 0 Å². The van der Waals surface area contributed by atoms with E-state index in [1.165, 1.54) is 0 Å². The first-order valence-electron chi connectivity index (χ1n) is 0.204. The molecule has 0 aromatic carbocycles. The van der Waals surface area contributed by atoms with Crippen LogP contribution >= 0.6 is 0 Å². The van der Waals surface area contributed by atoms with Crippen molar-refractivity contribution in [1.29, 1.82) is 0 Å². The minimum absolute atomic E-state index is 0. The monoisotopic (exact) mass is 359 g/mol. The molecule has 0 spiro atoms. The smallest absolute Gasteiger partial charge is 0 e. The molecule has 0 bridgehead atoms. The summed E-state index contributed by atoms with van der Waals surface area (Å²) in [5.41, 5.74) is 0. The quantitative estimate of drug-likeness (QED) is 0.495. The van der Waals surface area contributed by atoms with E-state index in [-0.39, 0.29) is 103 Å². The van der Waals surface area contributed by atoms with Crippen LogP contribution in [0.15, 0.2) is 0 Å². The maximum Gasteiger partial charge on any atom is 0 e. The predicted octanol–water partition coefficient (Wildman–Crippen LogP) is -1.27. The van der Waals surface area contributed by atoms with Crippen molar-refractivity contribution < 1.29 is 37.2 Å². The Morgan fingerprint density at radius 3 is 1.17 bits per heavy atom. The Morgan fingerprint density at radius 1 is 1.17 bits per heavy atom. The van der Waals surface area contributed by atoms with Crippen molar-refractivity contribution in [2.75, 3.05) is 0 Å². The number of rotatable bonds is 0. The summed E-state index contributed by atoms with van der Waals surface area (Å²) in [4.78, 5) is 0. The van der Waals surface area contributed by atoms with E-state index in [0.29, 0.717) is 22.5 Å². The molecule has 0 aliphatic heterocycles. The van der Waals surface area contributed by atoms with Gasteiger partial charge in [-0.05, 0) is 0 Å². The van der Waals surface area contributed by atoms with Gasteiger partial charge in [0.25, 0.3) is 0 Å². The third-order valence-corrected chi connectivity index (χ3v) is 0. The average Bonchev–Trinajstić information content (AvgIpc) is 1.00. The van der Waals surface area contributed by atoms with Crippen LogP contribution in [0.4, 0.5) is 0 Å². The Kier molecular flexibility index (Phi) is 200. The van der Waals surface area contributed by atoms with E-state index in [0.717, 1.165) is 0 Å². The molecule has 0 aliphatic rings. The van der Waals surface area contributed by atoms with E-state index in [4.69, 9.17) is 3.08 Å². The van der Waals surface area contributed by atoms with Crippen LogP contribution < -0.4 is 0 Å². The number of hydrogen-bond donors (Lipinski definition) is 0. The van der Waals surface area contributed by atoms with Crippen LogP contribution in [0.3, 0.4) is 0 Å². The van der Waals surface area contributed by atoms with Crippen LogP contribution in [-0.2, 0) is 37.2 Å². The van der Waals surface area contributed by atoms with Gasteiger partial charge < -0.3 is 0 Å². The van der Waals surface area contributed by atoms with Gasteiger partial charge in [0.05, 0.1) is 0 Å². The topological polar surface area (TPSA) is 17.1 Å². The molecule has 6 heavy (non-hydrogen) atoms. The van der Waals surface area contributed by atoms with E-state index in [9.17, 15) is 0 Å². The van der Waals surface area contributed by atoms with Gasteiger partial charge in [0.2, 0.25) is 0 Å². The van der Waals surface area contributed by atoms with Crippen molar-refractivity contribution in [2.24, 2.45) is 0 Å². The Labute approximate surface area is 125 Å². The number of hydrogen-bond acceptors (Lipinski definition) is 1. The zero-order chi connectivity index (χ0) is 2.00. The molecular formula is FeMgMnOSnSr. The van der Waals surface area contributed by atoms with Gasteiger partial charge in [-0.2, -0.15) is 0 Å². The van der Waals surface area contributed by atoms with E-state index in [1.807, 2.05) is 0 Å². The summed E-state index contributed by atoms with van der Waals surface area (Å²) in [6.45, 7) is 0. The molecule has 0 fully saturated rings. The summed E-state index contributed by atoms with van der Waals surface area (Å²) in [7, 11) is 0. The molecule has 0 aromatic heterocycles. The van der Waals surface area contributed by atoms with Gasteiger partial charge in [-0.25, -0.2) is 0 Å². The SMILES string of the molecule is [Fe].[Mg].[Mn].[O]=[Sn].[Sr]. The molecule has 0 rings (SSSR count). The van der Waals surface area contributed by atoms with Crippen LogP contribution in [-0.4, -0.2) is 91.0 Å². The normalized spacial score (nSPS) is 0.667. The minimum Gasteiger partial charge on any atom is 0 e. The second kappa shape index (κ2) is 36.6. The fourth-order valence-electron chi connectivity index (χ4n) is 0. The summed E-state index contributed by atoms with van der Waals surface area (Å²) < 4.78 is 8.34. The molecule has 0 aliphatic carbocycles. The van der Waals surface area contributed by atoms with Crippen LogP contribution in [0.2, 0.25) is 0 Å². The van der Waals surface area contributed by atoms with Crippen LogP contribution in [0.25, 0.3) is 0 Å². The van der Waals surface area contributed by atoms with Crippen LogP contribution in [0.1, 0.15) is 0 Å². The molecule has 0 N–H and O–H groups in total. The molecule has 1 nitrogen and oxygen atoms in total. The van der Waals surface area contributed by atoms with Crippen molar-refractivity contribution in [1.82, 2.24) is 0 Å². The second-order valence-electron chi connectivity index (χ2n) is 0. The van der Waals surface area contributed by atoms with Gasteiger partial charge in [-0.3, -0.25) is 0 Å². The van der Waals surface area contributed by atoms with Crippen molar-refractivity contribution in [3.63, 3.8) is 0 Å². The summed E-state index contributed by atoms with van der Waals surface area (Å²) in [6, 6.07) is 0. The van der Waals surface area contributed by atoms with Crippen molar-refractivity contribution >= 4 is 91.0 Å². The van der Waals surface area contributed by atoms with Crippen LogP contribution in [0.5, 0.6) is 0 Å². The molecule has 7 radical (unpaired) electrons. The van der Waals surface area contributed by atoms with Crippen molar-refractivity contribution in [2.45, 2.75) is 0 Å². The summed E-state index contributed by atoms with van der Waals surface area (Å²) in [5.74, 6) is 0. The van der Waals surface area contributed by atoms with E-state index >= 15 is 0 Å². The maximum absolute atomic E-state index is 8.34. The molecule has 0 saturated carbocycles. The molecule has 0 aromatic rings. The van der Waals surface area contributed by atoms with Crippen molar-refractivity contribution in [3.05, 3.63) is 0 Å². The first-order chi connectivity index (χ1) is 1.00. The van der Waals surface area contributed by atoms with Gasteiger partial charge in [-0.15, -0.1) is 0 Å². The third-order valence-electron chi connectivity index (χ3n) is 0. The third kappa shape index (κ3) is 24.8. The van der Waals surface area contributed by atoms with Gasteiger partial charge in [-0.1, -0.05) is 0 Å². The van der Waals surface area contributed by atoms with Crippen molar-refractivity contribution in [3.8, 4) is 0 Å². The Balaban J connectivity index is -0.000000000833. The molecule has 29 valence electrons. The zero-order valence-electron chi connectivity index (χ0n) is 3.05. The zero-order valence-corrected chi connectivity index (χ0v) is 13.1. The first-order valence-corrected chi connectivity index (χ1v) is 1.37. The Hall–Kier alpha value is 3.88. The maximum atomic E-state index is 8.34. The molecular weight excluding hydrogens is 357 g/mol. The Bertz CT molecular complexity index is 15.5. The van der Waals surface area contributed by atoms with E-state index in [2.05, 4.69) is 0 Å². The van der Waals surface area contributed by atoms with Gasteiger partial charge in [0, 0.05) is 103 Å². The van der Waals surface area contributed by atoms with E-state index in [1.54, 1.807) is 0 Å². The molecule has 0 saturated heterocycles. The fraction of sp³-hybridized carbons (Fsp3) is 0. The first kappa shape index (κ1) is 32.7. The molecule has 6 heteroatoms. The van der Waals surface area contributed by atoms with Gasteiger partial charge >= 0.3 is 25.6 Å². The molecule has 0 heterocycles. The second-order valence-corrected chi connectivity index (χ2v) is 0. The molecule has 0 unspecified atom stereocenters. The summed E-state index contributed by atoms with van der Waals surface area (Å²) in [6.07, 6.45) is 0. The summed E-state index contributed by atoms with van der Waals surface area (Å²) in [5, 5.41) is 0. The van der Waals surface area contributed by atoms with Crippen LogP contribution in [0, 0.1) is 0 Å². The largest absolute Gasteiger partial charge is 0 e. The Morgan fingerprint density at radius 2 is 1.17 bits per heavy atom. The average molecular weight is 357 g/mol. The van der Waals surface area contributed by atoms with Gasteiger partial charge in [0.15, 0.2) is 0 Å². The predicted molar refractivity (Wildman–Crippen MR) is 17.9 cm³/mol. The summed E-state index contributed by atoms with van der Waals surface area (Å²) >= 11 is 0.300. The van der Waals surface area contributed by atoms with Gasteiger partial charge in [0.1, 0.15) is 0 Å². The fourth-order valence-corrected chi connectivity index (χ4v) is 0. The standard InChI is InChI=1S/Fe.Mg.Mn.O.Sn.Sr. The molecule has 0 atom stereocenters.